The predicted octanol–water partition coefficient (Wildman–Crippen LogP) is 1.82. The first-order chi connectivity index (χ1) is 13.4. The quantitative estimate of drug-likeness (QED) is 0.733. The van der Waals surface area contributed by atoms with E-state index in [1.807, 2.05) is 6.07 Å². The van der Waals surface area contributed by atoms with Gasteiger partial charge in [0, 0.05) is 18.8 Å². The first-order valence-electron chi connectivity index (χ1n) is 8.28. The summed E-state index contributed by atoms with van der Waals surface area (Å²) in [5.74, 6) is -1.02. The smallest absolute Gasteiger partial charge is 0.338 e. The number of hydrogen-bond acceptors (Lipinski definition) is 6. The molecule has 2 amide bonds. The van der Waals surface area contributed by atoms with Gasteiger partial charge in [-0.3, -0.25) is 9.59 Å². The molecule has 8 heteroatoms. The Labute approximate surface area is 162 Å². The van der Waals surface area contributed by atoms with Crippen molar-refractivity contribution in [3.63, 3.8) is 0 Å². The van der Waals surface area contributed by atoms with Crippen molar-refractivity contribution < 1.29 is 23.9 Å². The molecule has 2 rings (SSSR count). The second-order valence-electron chi connectivity index (χ2n) is 5.80. The van der Waals surface area contributed by atoms with Crippen LogP contribution >= 0.6 is 0 Å². The topological polar surface area (TPSA) is 109 Å². The van der Waals surface area contributed by atoms with Gasteiger partial charge in [-0.1, -0.05) is 6.07 Å². The zero-order valence-electron chi connectivity index (χ0n) is 15.5. The van der Waals surface area contributed by atoms with Gasteiger partial charge in [-0.15, -0.1) is 0 Å². The first-order valence-corrected chi connectivity index (χ1v) is 8.28. The summed E-state index contributed by atoms with van der Waals surface area (Å²) in [7, 11) is 2.95. The standard InChI is InChI=1S/C20H19N3O5/c1-23(12-18(24)22-16-4-3-5-17(10-16)27-2)19(25)13-28-20(26)15-8-6-14(11-21)7-9-15/h3-10H,12-13H2,1-2H3,(H,22,24). The molecule has 0 aliphatic carbocycles. The molecular weight excluding hydrogens is 362 g/mol. The van der Waals surface area contributed by atoms with Gasteiger partial charge in [-0.2, -0.15) is 5.26 Å². The number of likely N-dealkylation sites (N-methyl/N-ethyl adjacent to an activating group) is 1. The molecule has 144 valence electrons. The summed E-state index contributed by atoms with van der Waals surface area (Å²) in [6.45, 7) is -0.702. The summed E-state index contributed by atoms with van der Waals surface area (Å²) in [6.07, 6.45) is 0. The Bertz CT molecular complexity index is 903. The lowest BCUT2D eigenvalue weighted by Gasteiger charge is -2.17. The van der Waals surface area contributed by atoms with Gasteiger partial charge >= 0.3 is 5.97 Å². The number of anilines is 1. The fraction of sp³-hybridized carbons (Fsp3) is 0.200. The van der Waals surface area contributed by atoms with Gasteiger partial charge in [-0.25, -0.2) is 4.79 Å². The number of carbonyl (C=O) groups excluding carboxylic acids is 3. The van der Waals surface area contributed by atoms with Crippen LogP contribution in [0.5, 0.6) is 5.75 Å². The average Bonchev–Trinajstić information content (AvgIpc) is 2.71. The molecule has 0 heterocycles. The van der Waals surface area contributed by atoms with Crippen LogP contribution in [0.3, 0.4) is 0 Å². The number of rotatable bonds is 7. The molecule has 0 saturated heterocycles. The number of amides is 2. The number of nitrogens with zero attached hydrogens (tertiary/aromatic N) is 2. The third-order valence-corrected chi connectivity index (χ3v) is 3.74. The number of hydrogen-bond donors (Lipinski definition) is 1. The van der Waals surface area contributed by atoms with Crippen LogP contribution in [0.2, 0.25) is 0 Å². The summed E-state index contributed by atoms with van der Waals surface area (Å²) in [5, 5.41) is 11.4. The lowest BCUT2D eigenvalue weighted by molar-refractivity contribution is -0.136. The van der Waals surface area contributed by atoms with E-state index < -0.39 is 24.4 Å². The molecule has 1 N–H and O–H groups in total. The number of esters is 1. The van der Waals surface area contributed by atoms with Gasteiger partial charge in [-0.05, 0) is 36.4 Å². The molecule has 0 unspecified atom stereocenters. The van der Waals surface area contributed by atoms with Crippen molar-refractivity contribution in [1.82, 2.24) is 4.90 Å². The van der Waals surface area contributed by atoms with Crippen LogP contribution in [0, 0.1) is 11.3 Å². The molecule has 0 saturated carbocycles. The van der Waals surface area contributed by atoms with Crippen LogP contribution in [-0.4, -0.2) is 50.0 Å². The normalized spacial score (nSPS) is 9.75. The molecule has 0 aliphatic heterocycles. The first kappa shape index (κ1) is 20.5. The third kappa shape index (κ3) is 5.85. The van der Waals surface area contributed by atoms with E-state index in [0.29, 0.717) is 17.0 Å². The molecule has 8 nitrogen and oxygen atoms in total. The molecule has 2 aromatic rings. The van der Waals surface area contributed by atoms with Gasteiger partial charge in [0.25, 0.3) is 5.91 Å². The highest BCUT2D eigenvalue weighted by atomic mass is 16.5. The van der Waals surface area contributed by atoms with Crippen molar-refractivity contribution >= 4 is 23.5 Å². The molecule has 28 heavy (non-hydrogen) atoms. The molecule has 2 aromatic carbocycles. The Kier molecular flexibility index (Phi) is 7.11. The maximum Gasteiger partial charge on any atom is 0.338 e. The number of methoxy groups -OCH3 is 1. The fourth-order valence-corrected chi connectivity index (χ4v) is 2.21. The van der Waals surface area contributed by atoms with Gasteiger partial charge in [0.15, 0.2) is 6.61 Å². The lowest BCUT2D eigenvalue weighted by Crippen LogP contribution is -2.37. The summed E-state index contributed by atoms with van der Waals surface area (Å²) in [6, 6.07) is 14.6. The molecule has 0 radical (unpaired) electrons. The third-order valence-electron chi connectivity index (χ3n) is 3.74. The fourth-order valence-electron chi connectivity index (χ4n) is 2.21. The monoisotopic (exact) mass is 381 g/mol. The number of benzene rings is 2. The van der Waals surface area contributed by atoms with Gasteiger partial charge in [0.1, 0.15) is 5.75 Å². The minimum Gasteiger partial charge on any atom is -0.497 e. The summed E-state index contributed by atoms with van der Waals surface area (Å²) < 4.78 is 10.0. The van der Waals surface area contributed by atoms with Crippen molar-refractivity contribution in [3.8, 4) is 11.8 Å². The van der Waals surface area contributed by atoms with Crippen molar-refractivity contribution in [1.29, 1.82) is 5.26 Å². The number of nitriles is 1. The maximum absolute atomic E-state index is 12.1. The van der Waals surface area contributed by atoms with Gasteiger partial charge in [0.05, 0.1) is 30.9 Å². The van der Waals surface area contributed by atoms with E-state index in [-0.39, 0.29) is 12.1 Å². The zero-order valence-corrected chi connectivity index (χ0v) is 15.5. The second-order valence-corrected chi connectivity index (χ2v) is 5.80. The van der Waals surface area contributed by atoms with E-state index in [1.54, 1.807) is 24.3 Å². The molecule has 0 spiro atoms. The zero-order chi connectivity index (χ0) is 20.5. The Morgan fingerprint density at radius 1 is 1.14 bits per heavy atom. The van der Waals surface area contributed by atoms with Crippen LogP contribution in [0.15, 0.2) is 48.5 Å². The largest absolute Gasteiger partial charge is 0.497 e. The molecule has 0 aliphatic rings. The number of nitrogens with one attached hydrogen (secondary N) is 1. The lowest BCUT2D eigenvalue weighted by atomic mass is 10.1. The van der Waals surface area contributed by atoms with Crippen molar-refractivity contribution in [2.75, 3.05) is 32.6 Å². The van der Waals surface area contributed by atoms with Crippen LogP contribution in [-0.2, 0) is 14.3 Å². The molecule has 0 bridgehead atoms. The van der Waals surface area contributed by atoms with Crippen molar-refractivity contribution in [2.24, 2.45) is 0 Å². The Morgan fingerprint density at radius 2 is 1.86 bits per heavy atom. The Morgan fingerprint density at radius 3 is 2.50 bits per heavy atom. The van der Waals surface area contributed by atoms with Gasteiger partial charge < -0.3 is 19.7 Å². The van der Waals surface area contributed by atoms with E-state index in [4.69, 9.17) is 14.7 Å². The minimum atomic E-state index is -0.688. The molecule has 0 aromatic heterocycles. The Balaban J connectivity index is 1.82. The molecule has 0 fully saturated rings. The van der Waals surface area contributed by atoms with Crippen LogP contribution in [0.4, 0.5) is 5.69 Å². The summed E-state index contributed by atoms with van der Waals surface area (Å²) in [5.41, 5.74) is 1.18. The van der Waals surface area contributed by atoms with E-state index in [0.717, 1.165) is 4.90 Å². The summed E-state index contributed by atoms with van der Waals surface area (Å²) >= 11 is 0. The highest BCUT2D eigenvalue weighted by Crippen LogP contribution is 2.16. The SMILES string of the molecule is COc1cccc(NC(=O)CN(C)C(=O)COC(=O)c2ccc(C#N)cc2)c1. The second kappa shape index (κ2) is 9.73. The summed E-state index contributed by atoms with van der Waals surface area (Å²) in [4.78, 5) is 37.2. The maximum atomic E-state index is 12.1. The molecular formula is C20H19N3O5. The van der Waals surface area contributed by atoms with Crippen molar-refractivity contribution in [2.45, 2.75) is 0 Å². The van der Waals surface area contributed by atoms with E-state index in [9.17, 15) is 14.4 Å². The van der Waals surface area contributed by atoms with Crippen LogP contribution < -0.4 is 10.1 Å². The highest BCUT2D eigenvalue weighted by molar-refractivity contribution is 5.95. The number of carbonyl (C=O) groups is 3. The van der Waals surface area contributed by atoms with Crippen LogP contribution in [0.1, 0.15) is 15.9 Å². The predicted molar refractivity (Wildman–Crippen MR) is 101 cm³/mol. The van der Waals surface area contributed by atoms with E-state index in [1.165, 1.54) is 38.4 Å². The average molecular weight is 381 g/mol. The number of ether oxygens (including phenoxy) is 2. The molecule has 0 atom stereocenters. The van der Waals surface area contributed by atoms with E-state index in [2.05, 4.69) is 5.32 Å². The minimum absolute atomic E-state index is 0.204. The van der Waals surface area contributed by atoms with Crippen LogP contribution in [0.25, 0.3) is 0 Å². The van der Waals surface area contributed by atoms with E-state index >= 15 is 0 Å². The van der Waals surface area contributed by atoms with Gasteiger partial charge in [0.2, 0.25) is 5.91 Å². The Hall–Kier alpha value is -3.86. The highest BCUT2D eigenvalue weighted by Gasteiger charge is 2.16. The van der Waals surface area contributed by atoms with Crippen molar-refractivity contribution in [3.05, 3.63) is 59.7 Å².